The maximum Gasteiger partial charge on any atom is 0.0469 e. The van der Waals surface area contributed by atoms with Crippen molar-refractivity contribution in [1.82, 2.24) is 5.32 Å². The zero-order valence-electron chi connectivity index (χ0n) is 9.29. The highest BCUT2D eigenvalue weighted by atomic mass is 32.1. The van der Waals surface area contributed by atoms with Gasteiger partial charge in [0.25, 0.3) is 0 Å². The van der Waals surface area contributed by atoms with Crippen LogP contribution in [0.5, 0.6) is 0 Å². The monoisotopic (exact) mass is 225 g/mol. The Labute approximate surface area is 95.6 Å². The minimum absolute atomic E-state index is 0.819. The van der Waals surface area contributed by atoms with Crippen molar-refractivity contribution < 1.29 is 4.74 Å². The highest BCUT2D eigenvalue weighted by Gasteiger charge is 2.13. The van der Waals surface area contributed by atoms with Crippen molar-refractivity contribution in [3.05, 3.63) is 21.9 Å². The van der Waals surface area contributed by atoms with E-state index in [4.69, 9.17) is 4.74 Å². The molecular formula is C12H19NOS. The summed E-state index contributed by atoms with van der Waals surface area (Å²) < 4.78 is 5.35. The lowest BCUT2D eigenvalue weighted by Gasteiger charge is -2.22. The highest BCUT2D eigenvalue weighted by Crippen LogP contribution is 2.16. The standard InChI is InChI=1S/C12H19NOS/c1-10-4-7-15-12(10)9-13-8-11-2-5-14-6-3-11/h4,7,11,13H,2-3,5-6,8-9H2,1H3. The van der Waals surface area contributed by atoms with Crippen molar-refractivity contribution >= 4 is 11.3 Å². The molecule has 0 saturated carbocycles. The van der Waals surface area contributed by atoms with Gasteiger partial charge >= 0.3 is 0 Å². The fraction of sp³-hybridized carbons (Fsp3) is 0.667. The van der Waals surface area contributed by atoms with Crippen molar-refractivity contribution in [1.29, 1.82) is 0 Å². The minimum atomic E-state index is 0.819. The number of thiophene rings is 1. The molecule has 0 amide bonds. The molecule has 0 unspecified atom stereocenters. The molecule has 1 aromatic rings. The third-order valence-electron chi connectivity index (χ3n) is 3.03. The zero-order chi connectivity index (χ0) is 10.5. The Morgan fingerprint density at radius 2 is 2.27 bits per heavy atom. The lowest BCUT2D eigenvalue weighted by Crippen LogP contribution is -2.27. The Morgan fingerprint density at radius 1 is 1.47 bits per heavy atom. The van der Waals surface area contributed by atoms with Gasteiger partial charge in [-0.3, -0.25) is 0 Å². The van der Waals surface area contributed by atoms with Crippen LogP contribution in [0.2, 0.25) is 0 Å². The summed E-state index contributed by atoms with van der Waals surface area (Å²) in [7, 11) is 0. The molecule has 15 heavy (non-hydrogen) atoms. The average Bonchev–Trinajstić information content (AvgIpc) is 2.66. The number of hydrogen-bond donors (Lipinski definition) is 1. The Bertz CT molecular complexity index is 292. The van der Waals surface area contributed by atoms with E-state index in [0.717, 1.165) is 32.2 Å². The van der Waals surface area contributed by atoms with Crippen LogP contribution in [0.1, 0.15) is 23.3 Å². The fourth-order valence-corrected chi connectivity index (χ4v) is 2.80. The molecule has 1 aliphatic rings. The first-order valence-corrected chi connectivity index (χ1v) is 6.55. The maximum atomic E-state index is 5.35. The molecule has 3 heteroatoms. The molecule has 1 aliphatic heterocycles. The summed E-state index contributed by atoms with van der Waals surface area (Å²) in [4.78, 5) is 1.47. The van der Waals surface area contributed by atoms with Gasteiger partial charge in [0.1, 0.15) is 0 Å². The molecular weight excluding hydrogens is 206 g/mol. The minimum Gasteiger partial charge on any atom is -0.381 e. The number of nitrogens with one attached hydrogen (secondary N) is 1. The topological polar surface area (TPSA) is 21.3 Å². The molecule has 2 nitrogen and oxygen atoms in total. The first-order valence-electron chi connectivity index (χ1n) is 5.67. The predicted octanol–water partition coefficient (Wildman–Crippen LogP) is 2.57. The number of ether oxygens (including phenoxy) is 1. The quantitative estimate of drug-likeness (QED) is 0.850. The maximum absolute atomic E-state index is 5.35. The number of aryl methyl sites for hydroxylation is 1. The first-order chi connectivity index (χ1) is 7.36. The molecule has 0 aliphatic carbocycles. The van der Waals surface area contributed by atoms with Crippen LogP contribution in [0.4, 0.5) is 0 Å². The Kier molecular flexibility index (Phi) is 4.18. The molecule has 1 saturated heterocycles. The highest BCUT2D eigenvalue weighted by molar-refractivity contribution is 7.10. The van der Waals surface area contributed by atoms with Gasteiger partial charge in [-0.2, -0.15) is 0 Å². The second-order valence-electron chi connectivity index (χ2n) is 4.21. The predicted molar refractivity (Wildman–Crippen MR) is 64.3 cm³/mol. The van der Waals surface area contributed by atoms with Gasteiger partial charge in [-0.25, -0.2) is 0 Å². The van der Waals surface area contributed by atoms with Gasteiger partial charge in [0.05, 0.1) is 0 Å². The van der Waals surface area contributed by atoms with Gasteiger partial charge in [0, 0.05) is 24.6 Å². The van der Waals surface area contributed by atoms with Crippen molar-refractivity contribution in [3.63, 3.8) is 0 Å². The van der Waals surface area contributed by atoms with Crippen LogP contribution in [-0.4, -0.2) is 19.8 Å². The second-order valence-corrected chi connectivity index (χ2v) is 5.21. The van der Waals surface area contributed by atoms with Crippen LogP contribution in [0.3, 0.4) is 0 Å². The summed E-state index contributed by atoms with van der Waals surface area (Å²) in [5, 5.41) is 5.72. The van der Waals surface area contributed by atoms with Gasteiger partial charge < -0.3 is 10.1 Å². The molecule has 1 aromatic heterocycles. The summed E-state index contributed by atoms with van der Waals surface area (Å²) in [5.74, 6) is 0.819. The van der Waals surface area contributed by atoms with E-state index >= 15 is 0 Å². The van der Waals surface area contributed by atoms with Crippen molar-refractivity contribution in [3.8, 4) is 0 Å². The van der Waals surface area contributed by atoms with E-state index in [2.05, 4.69) is 23.7 Å². The molecule has 1 N–H and O–H groups in total. The van der Waals surface area contributed by atoms with Crippen LogP contribution < -0.4 is 5.32 Å². The summed E-state index contributed by atoms with van der Waals surface area (Å²) in [6, 6.07) is 2.19. The number of rotatable bonds is 4. The average molecular weight is 225 g/mol. The molecule has 1 fully saturated rings. The fourth-order valence-electron chi connectivity index (χ4n) is 1.93. The van der Waals surface area contributed by atoms with Crippen LogP contribution in [-0.2, 0) is 11.3 Å². The van der Waals surface area contributed by atoms with E-state index in [-0.39, 0.29) is 0 Å². The second kappa shape index (κ2) is 5.64. The molecule has 0 spiro atoms. The van der Waals surface area contributed by atoms with E-state index in [1.165, 1.54) is 23.3 Å². The van der Waals surface area contributed by atoms with E-state index in [9.17, 15) is 0 Å². The molecule has 2 rings (SSSR count). The Hall–Kier alpha value is -0.380. The molecule has 84 valence electrons. The van der Waals surface area contributed by atoms with Gasteiger partial charge in [-0.05, 0) is 49.2 Å². The summed E-state index contributed by atoms with van der Waals surface area (Å²) >= 11 is 1.85. The Morgan fingerprint density at radius 3 is 2.93 bits per heavy atom. The van der Waals surface area contributed by atoms with Gasteiger partial charge in [-0.15, -0.1) is 11.3 Å². The molecule has 0 aromatic carbocycles. The van der Waals surface area contributed by atoms with E-state index in [0.29, 0.717) is 0 Å². The van der Waals surface area contributed by atoms with E-state index < -0.39 is 0 Å². The van der Waals surface area contributed by atoms with Gasteiger partial charge in [0.2, 0.25) is 0 Å². The van der Waals surface area contributed by atoms with Crippen LogP contribution in [0.25, 0.3) is 0 Å². The lowest BCUT2D eigenvalue weighted by molar-refractivity contribution is 0.0662. The molecule has 0 bridgehead atoms. The molecule has 2 heterocycles. The lowest BCUT2D eigenvalue weighted by atomic mass is 10.0. The van der Waals surface area contributed by atoms with Crippen LogP contribution in [0, 0.1) is 12.8 Å². The van der Waals surface area contributed by atoms with E-state index in [1.54, 1.807) is 0 Å². The summed E-state index contributed by atoms with van der Waals surface area (Å²) in [5.41, 5.74) is 1.42. The normalized spacial score (nSPS) is 18.2. The third-order valence-corrected chi connectivity index (χ3v) is 4.05. The van der Waals surface area contributed by atoms with E-state index in [1.807, 2.05) is 11.3 Å². The zero-order valence-corrected chi connectivity index (χ0v) is 10.1. The van der Waals surface area contributed by atoms with Gasteiger partial charge in [-0.1, -0.05) is 0 Å². The third kappa shape index (κ3) is 3.30. The van der Waals surface area contributed by atoms with Crippen molar-refractivity contribution in [2.75, 3.05) is 19.8 Å². The Balaban J connectivity index is 1.68. The number of hydrogen-bond acceptors (Lipinski definition) is 3. The largest absolute Gasteiger partial charge is 0.381 e. The van der Waals surface area contributed by atoms with Crippen LogP contribution in [0.15, 0.2) is 11.4 Å². The molecule has 0 radical (unpaired) electrons. The SMILES string of the molecule is Cc1ccsc1CNCC1CCOCC1. The summed E-state index contributed by atoms with van der Waals surface area (Å²) in [6.07, 6.45) is 2.44. The first kappa shape index (κ1) is 11.1. The van der Waals surface area contributed by atoms with Crippen LogP contribution >= 0.6 is 11.3 Å². The van der Waals surface area contributed by atoms with Gasteiger partial charge in [0.15, 0.2) is 0 Å². The summed E-state index contributed by atoms with van der Waals surface area (Å²) in [6.45, 7) is 6.25. The van der Waals surface area contributed by atoms with Crippen molar-refractivity contribution in [2.24, 2.45) is 5.92 Å². The smallest absolute Gasteiger partial charge is 0.0469 e. The van der Waals surface area contributed by atoms with Crippen molar-refractivity contribution in [2.45, 2.75) is 26.3 Å². The molecule has 0 atom stereocenters.